The molecule has 0 saturated heterocycles. The molecule has 4 nitrogen and oxygen atoms in total. The molecule has 0 saturated carbocycles. The SMILES string of the molecule is CCOC(=O)/C(C#N)=C(/C)c1ccccn1. The number of ether oxygens (including phenoxy) is 1. The Morgan fingerprint density at radius 3 is 2.81 bits per heavy atom. The lowest BCUT2D eigenvalue weighted by atomic mass is 10.1. The first kappa shape index (κ1) is 11.9. The zero-order valence-corrected chi connectivity index (χ0v) is 9.23. The van der Waals surface area contributed by atoms with Crippen molar-refractivity contribution in [2.24, 2.45) is 0 Å². The van der Waals surface area contributed by atoms with Gasteiger partial charge in [-0.25, -0.2) is 4.79 Å². The molecule has 0 unspecified atom stereocenters. The van der Waals surface area contributed by atoms with Gasteiger partial charge in [0.1, 0.15) is 11.6 Å². The van der Waals surface area contributed by atoms with E-state index in [2.05, 4.69) is 4.98 Å². The van der Waals surface area contributed by atoms with Crippen LogP contribution < -0.4 is 0 Å². The minimum absolute atomic E-state index is 0.000509. The molecule has 1 aromatic rings. The summed E-state index contributed by atoms with van der Waals surface area (Å²) in [5.74, 6) is -0.604. The van der Waals surface area contributed by atoms with Gasteiger partial charge >= 0.3 is 5.97 Å². The fourth-order valence-electron chi connectivity index (χ4n) is 1.20. The molecule has 4 heteroatoms. The van der Waals surface area contributed by atoms with E-state index < -0.39 is 5.97 Å². The molecule has 0 aliphatic carbocycles. The number of hydrogen-bond donors (Lipinski definition) is 0. The summed E-state index contributed by atoms with van der Waals surface area (Å²) in [6, 6.07) is 7.16. The van der Waals surface area contributed by atoms with Crippen molar-refractivity contribution in [1.29, 1.82) is 5.26 Å². The Kier molecular flexibility index (Phi) is 4.22. The van der Waals surface area contributed by atoms with Gasteiger partial charge in [-0.3, -0.25) is 4.98 Å². The third-order valence-electron chi connectivity index (χ3n) is 2.02. The molecule has 1 aromatic heterocycles. The van der Waals surface area contributed by atoms with Crippen LogP contribution in [0.25, 0.3) is 5.57 Å². The highest BCUT2D eigenvalue weighted by molar-refractivity contribution is 6.00. The summed E-state index contributed by atoms with van der Waals surface area (Å²) < 4.78 is 4.79. The third-order valence-corrected chi connectivity index (χ3v) is 2.02. The number of nitriles is 1. The lowest BCUT2D eigenvalue weighted by Gasteiger charge is -2.04. The van der Waals surface area contributed by atoms with Crippen molar-refractivity contribution in [2.75, 3.05) is 6.61 Å². The van der Waals surface area contributed by atoms with Crippen molar-refractivity contribution < 1.29 is 9.53 Å². The fraction of sp³-hybridized carbons (Fsp3) is 0.250. The van der Waals surface area contributed by atoms with E-state index in [1.807, 2.05) is 6.07 Å². The summed E-state index contributed by atoms with van der Waals surface area (Å²) in [7, 11) is 0. The van der Waals surface area contributed by atoms with E-state index in [0.717, 1.165) is 0 Å². The van der Waals surface area contributed by atoms with Gasteiger partial charge in [0.05, 0.1) is 12.3 Å². The van der Waals surface area contributed by atoms with Crippen molar-refractivity contribution in [3.05, 3.63) is 35.7 Å². The van der Waals surface area contributed by atoms with Crippen LogP contribution in [0.1, 0.15) is 19.5 Å². The molecule has 82 valence electrons. The number of aromatic nitrogens is 1. The molecule has 0 aromatic carbocycles. The van der Waals surface area contributed by atoms with E-state index in [4.69, 9.17) is 10.00 Å². The topological polar surface area (TPSA) is 63.0 Å². The van der Waals surface area contributed by atoms with Crippen molar-refractivity contribution in [3.8, 4) is 6.07 Å². The largest absolute Gasteiger partial charge is 0.462 e. The lowest BCUT2D eigenvalue weighted by Crippen LogP contribution is -2.08. The number of esters is 1. The predicted molar refractivity (Wildman–Crippen MR) is 59.1 cm³/mol. The highest BCUT2D eigenvalue weighted by Gasteiger charge is 2.15. The van der Waals surface area contributed by atoms with Crippen LogP contribution in [0.2, 0.25) is 0 Å². The van der Waals surface area contributed by atoms with Gasteiger partial charge in [0.25, 0.3) is 0 Å². The zero-order valence-electron chi connectivity index (χ0n) is 9.23. The van der Waals surface area contributed by atoms with Crippen molar-refractivity contribution in [3.63, 3.8) is 0 Å². The average molecular weight is 216 g/mol. The van der Waals surface area contributed by atoms with Crippen molar-refractivity contribution >= 4 is 11.5 Å². The molecule has 0 bridgehead atoms. The normalized spacial score (nSPS) is 11.3. The Labute approximate surface area is 94.2 Å². The smallest absolute Gasteiger partial charge is 0.349 e. The van der Waals surface area contributed by atoms with Crippen molar-refractivity contribution in [1.82, 2.24) is 4.98 Å². The van der Waals surface area contributed by atoms with Crippen LogP contribution in [0, 0.1) is 11.3 Å². The molecule has 0 spiro atoms. The fourth-order valence-corrected chi connectivity index (χ4v) is 1.20. The van der Waals surface area contributed by atoms with Gasteiger partial charge in [-0.15, -0.1) is 0 Å². The Hall–Kier alpha value is -2.15. The van der Waals surface area contributed by atoms with Crippen LogP contribution in [-0.4, -0.2) is 17.6 Å². The van der Waals surface area contributed by atoms with Gasteiger partial charge < -0.3 is 4.74 Å². The maximum atomic E-state index is 11.5. The van der Waals surface area contributed by atoms with Crippen molar-refractivity contribution in [2.45, 2.75) is 13.8 Å². The summed E-state index contributed by atoms with van der Waals surface area (Å²) in [5.41, 5.74) is 1.13. The molecular weight excluding hydrogens is 204 g/mol. The van der Waals surface area contributed by atoms with Crippen LogP contribution in [0.15, 0.2) is 30.0 Å². The zero-order chi connectivity index (χ0) is 12.0. The number of nitrogens with zero attached hydrogens (tertiary/aromatic N) is 2. The first-order valence-corrected chi connectivity index (χ1v) is 4.90. The summed E-state index contributed by atoms with van der Waals surface area (Å²) in [6.45, 7) is 3.63. The van der Waals surface area contributed by atoms with Gasteiger partial charge in [0.15, 0.2) is 0 Å². The Morgan fingerprint density at radius 2 is 2.31 bits per heavy atom. The van der Waals surface area contributed by atoms with Crippen LogP contribution >= 0.6 is 0 Å². The number of carbonyl (C=O) groups excluding carboxylic acids is 1. The van der Waals surface area contributed by atoms with E-state index in [1.165, 1.54) is 0 Å². The molecule has 0 atom stereocenters. The van der Waals surface area contributed by atoms with Crippen LogP contribution in [0.4, 0.5) is 0 Å². The summed E-state index contributed by atoms with van der Waals surface area (Å²) in [6.07, 6.45) is 1.61. The maximum absolute atomic E-state index is 11.5. The number of allylic oxidation sites excluding steroid dienone is 1. The van der Waals surface area contributed by atoms with Crippen LogP contribution in [0.5, 0.6) is 0 Å². The monoisotopic (exact) mass is 216 g/mol. The number of rotatable bonds is 3. The average Bonchev–Trinajstić information content (AvgIpc) is 2.31. The number of carbonyl (C=O) groups is 1. The number of pyridine rings is 1. The summed E-state index contributed by atoms with van der Waals surface area (Å²) >= 11 is 0. The standard InChI is InChI=1S/C12H12N2O2/c1-3-16-12(15)10(8-13)9(2)11-6-4-5-7-14-11/h4-7H,3H2,1-2H3/b10-9-. The molecule has 1 heterocycles. The van der Waals surface area contributed by atoms with E-state index >= 15 is 0 Å². The van der Waals surface area contributed by atoms with Gasteiger partial charge in [-0.2, -0.15) is 5.26 Å². The quantitative estimate of drug-likeness (QED) is 0.440. The summed E-state index contributed by atoms with van der Waals surface area (Å²) in [4.78, 5) is 15.5. The second kappa shape index (κ2) is 5.66. The van der Waals surface area contributed by atoms with Gasteiger partial charge in [0, 0.05) is 6.20 Å². The molecular formula is C12H12N2O2. The highest BCUT2D eigenvalue weighted by atomic mass is 16.5. The Balaban J connectivity index is 3.11. The molecule has 0 amide bonds. The number of hydrogen-bond acceptors (Lipinski definition) is 4. The molecule has 0 fully saturated rings. The molecule has 1 rings (SSSR count). The van der Waals surface area contributed by atoms with Crippen LogP contribution in [0.3, 0.4) is 0 Å². The molecule has 0 aliphatic rings. The maximum Gasteiger partial charge on any atom is 0.349 e. The first-order chi connectivity index (χ1) is 7.70. The molecule has 0 N–H and O–H groups in total. The Morgan fingerprint density at radius 1 is 1.56 bits per heavy atom. The predicted octanol–water partition coefficient (Wildman–Crippen LogP) is 1.94. The Bertz CT molecular complexity index is 444. The van der Waals surface area contributed by atoms with E-state index in [1.54, 1.807) is 38.2 Å². The lowest BCUT2D eigenvalue weighted by molar-refractivity contribution is -0.137. The van der Waals surface area contributed by atoms with E-state index in [-0.39, 0.29) is 12.2 Å². The minimum atomic E-state index is -0.604. The second-order valence-corrected chi connectivity index (χ2v) is 3.05. The molecule has 16 heavy (non-hydrogen) atoms. The van der Waals surface area contributed by atoms with Gasteiger partial charge in [-0.05, 0) is 31.6 Å². The summed E-state index contributed by atoms with van der Waals surface area (Å²) in [5, 5.41) is 8.92. The van der Waals surface area contributed by atoms with E-state index in [0.29, 0.717) is 11.3 Å². The second-order valence-electron chi connectivity index (χ2n) is 3.05. The molecule has 0 radical (unpaired) electrons. The molecule has 0 aliphatic heterocycles. The highest BCUT2D eigenvalue weighted by Crippen LogP contribution is 2.16. The van der Waals surface area contributed by atoms with Gasteiger partial charge in [0.2, 0.25) is 0 Å². The third kappa shape index (κ3) is 2.67. The minimum Gasteiger partial charge on any atom is -0.462 e. The first-order valence-electron chi connectivity index (χ1n) is 4.90. The van der Waals surface area contributed by atoms with Crippen LogP contribution in [-0.2, 0) is 9.53 Å². The van der Waals surface area contributed by atoms with E-state index in [9.17, 15) is 4.79 Å². The van der Waals surface area contributed by atoms with Gasteiger partial charge in [-0.1, -0.05) is 6.07 Å².